The highest BCUT2D eigenvalue weighted by molar-refractivity contribution is 7.89. The average Bonchev–Trinajstić information content (AvgIpc) is 2.72. The smallest absolute Gasteiger partial charge is 0.213 e. The number of hydrogen-bond donors (Lipinski definition) is 0. The van der Waals surface area contributed by atoms with Gasteiger partial charge >= 0.3 is 0 Å². The zero-order valence-corrected chi connectivity index (χ0v) is 13.2. The Balaban J connectivity index is 2.13. The maximum absolute atomic E-state index is 11.7. The van der Waals surface area contributed by atoms with Gasteiger partial charge in [-0.1, -0.05) is 0 Å². The highest BCUT2D eigenvalue weighted by atomic mass is 32.2. The van der Waals surface area contributed by atoms with Crippen LogP contribution >= 0.6 is 0 Å². The van der Waals surface area contributed by atoms with Crippen LogP contribution in [0.25, 0.3) is 11.0 Å². The molecule has 5 nitrogen and oxygen atoms in total. The number of sulfonamides is 1. The van der Waals surface area contributed by atoms with Crippen molar-refractivity contribution < 1.29 is 8.42 Å². The Hall–Kier alpha value is -1.40. The van der Waals surface area contributed by atoms with Gasteiger partial charge in [-0.25, -0.2) is 17.7 Å². The van der Waals surface area contributed by atoms with E-state index in [-0.39, 0.29) is 5.75 Å². The third kappa shape index (κ3) is 3.02. The van der Waals surface area contributed by atoms with Crippen molar-refractivity contribution in [3.63, 3.8) is 0 Å². The molecule has 1 aromatic heterocycles. The van der Waals surface area contributed by atoms with Gasteiger partial charge in [0.2, 0.25) is 10.0 Å². The number of fused-ring (bicyclic) bond motifs is 1. The molecule has 2 rings (SSSR count). The molecule has 20 heavy (non-hydrogen) atoms. The van der Waals surface area contributed by atoms with Crippen LogP contribution in [-0.2, 0) is 16.6 Å². The summed E-state index contributed by atoms with van der Waals surface area (Å²) < 4.78 is 26.7. The van der Waals surface area contributed by atoms with Crippen LogP contribution in [0, 0.1) is 13.8 Å². The van der Waals surface area contributed by atoms with Gasteiger partial charge in [-0.2, -0.15) is 0 Å². The summed E-state index contributed by atoms with van der Waals surface area (Å²) >= 11 is 0. The Bertz CT molecular complexity index is 717. The predicted octanol–water partition coefficient (Wildman–Crippen LogP) is 1.93. The Morgan fingerprint density at radius 1 is 1.20 bits per heavy atom. The molecule has 1 aromatic carbocycles. The lowest BCUT2D eigenvalue weighted by atomic mass is 10.1. The fraction of sp³-hybridized carbons (Fsp3) is 0.500. The number of aryl methyl sites for hydroxylation is 3. The van der Waals surface area contributed by atoms with E-state index in [2.05, 4.69) is 31.0 Å². The highest BCUT2D eigenvalue weighted by Gasteiger charge is 2.13. The van der Waals surface area contributed by atoms with Crippen molar-refractivity contribution in [2.45, 2.75) is 26.8 Å². The zero-order valence-electron chi connectivity index (χ0n) is 12.4. The molecule has 0 aliphatic heterocycles. The van der Waals surface area contributed by atoms with Crippen molar-refractivity contribution in [3.05, 3.63) is 29.6 Å². The summed E-state index contributed by atoms with van der Waals surface area (Å²) in [6, 6.07) is 4.18. The van der Waals surface area contributed by atoms with Gasteiger partial charge in [-0.05, 0) is 43.5 Å². The third-order valence-electron chi connectivity index (χ3n) is 3.59. The molecule has 0 amide bonds. The summed E-state index contributed by atoms with van der Waals surface area (Å²) in [6.07, 6.45) is 2.37. The number of aromatic nitrogens is 2. The molecule has 1 heterocycles. The van der Waals surface area contributed by atoms with Gasteiger partial charge in [0.15, 0.2) is 0 Å². The van der Waals surface area contributed by atoms with Crippen molar-refractivity contribution in [2.75, 3.05) is 19.8 Å². The van der Waals surface area contributed by atoms with E-state index < -0.39 is 10.0 Å². The SMILES string of the molecule is Cc1cc2ncn(CCCS(=O)(=O)N(C)C)c2cc1C. The largest absolute Gasteiger partial charge is 0.331 e. The maximum atomic E-state index is 11.7. The van der Waals surface area contributed by atoms with Crippen molar-refractivity contribution in [1.82, 2.24) is 13.9 Å². The van der Waals surface area contributed by atoms with E-state index in [1.807, 2.05) is 4.57 Å². The highest BCUT2D eigenvalue weighted by Crippen LogP contribution is 2.18. The molecule has 0 aliphatic carbocycles. The molecule has 0 spiro atoms. The van der Waals surface area contributed by atoms with Crippen molar-refractivity contribution in [3.8, 4) is 0 Å². The van der Waals surface area contributed by atoms with Gasteiger partial charge in [-0.15, -0.1) is 0 Å². The molecule has 0 bridgehead atoms. The molecular formula is C14H21N3O2S. The van der Waals surface area contributed by atoms with Crippen molar-refractivity contribution >= 4 is 21.1 Å². The summed E-state index contributed by atoms with van der Waals surface area (Å²) in [7, 11) is 0.00717. The first kappa shape index (κ1) is 15.0. The van der Waals surface area contributed by atoms with Crippen molar-refractivity contribution in [1.29, 1.82) is 0 Å². The first-order valence-electron chi connectivity index (χ1n) is 6.63. The molecule has 2 aromatic rings. The normalized spacial score (nSPS) is 12.4. The molecule has 0 fully saturated rings. The lowest BCUT2D eigenvalue weighted by Crippen LogP contribution is -2.25. The molecule has 0 saturated carbocycles. The topological polar surface area (TPSA) is 55.2 Å². The number of rotatable bonds is 5. The standard InChI is InChI=1S/C14H21N3O2S/c1-11-8-13-14(9-12(11)2)17(10-15-13)6-5-7-20(18,19)16(3)4/h8-10H,5-7H2,1-4H3. The Labute approximate surface area is 120 Å². The quantitative estimate of drug-likeness (QED) is 0.847. The van der Waals surface area contributed by atoms with Crippen molar-refractivity contribution in [2.24, 2.45) is 0 Å². The van der Waals surface area contributed by atoms with E-state index >= 15 is 0 Å². The molecule has 0 unspecified atom stereocenters. The monoisotopic (exact) mass is 295 g/mol. The minimum Gasteiger partial charge on any atom is -0.331 e. The van der Waals surface area contributed by atoms with E-state index in [0.717, 1.165) is 11.0 Å². The van der Waals surface area contributed by atoms with Gasteiger partial charge in [0.05, 0.1) is 23.1 Å². The van der Waals surface area contributed by atoms with E-state index in [0.29, 0.717) is 13.0 Å². The maximum Gasteiger partial charge on any atom is 0.213 e. The summed E-state index contributed by atoms with van der Waals surface area (Å²) in [6.45, 7) is 4.80. The minimum absolute atomic E-state index is 0.157. The molecular weight excluding hydrogens is 274 g/mol. The van der Waals surface area contributed by atoms with E-state index in [4.69, 9.17) is 0 Å². The molecule has 0 N–H and O–H groups in total. The lowest BCUT2D eigenvalue weighted by Gasteiger charge is -2.11. The van der Waals surface area contributed by atoms with E-state index in [1.54, 1.807) is 20.4 Å². The zero-order chi connectivity index (χ0) is 14.9. The van der Waals surface area contributed by atoms with Gasteiger partial charge in [-0.3, -0.25) is 0 Å². The summed E-state index contributed by atoms with van der Waals surface area (Å²) in [5.74, 6) is 0.157. The Morgan fingerprint density at radius 3 is 2.50 bits per heavy atom. The first-order chi connectivity index (χ1) is 9.31. The lowest BCUT2D eigenvalue weighted by molar-refractivity contribution is 0.515. The van der Waals surface area contributed by atoms with Gasteiger partial charge in [0, 0.05) is 20.6 Å². The molecule has 0 aliphatic rings. The van der Waals surface area contributed by atoms with Crippen LogP contribution in [-0.4, -0.2) is 42.1 Å². The fourth-order valence-electron chi connectivity index (χ4n) is 2.09. The number of hydrogen-bond acceptors (Lipinski definition) is 3. The van der Waals surface area contributed by atoms with Crippen LogP contribution in [0.3, 0.4) is 0 Å². The number of imidazole rings is 1. The van der Waals surface area contributed by atoms with Crippen LogP contribution in [0.15, 0.2) is 18.5 Å². The molecule has 0 saturated heterocycles. The molecule has 0 radical (unpaired) electrons. The third-order valence-corrected chi connectivity index (χ3v) is 5.51. The summed E-state index contributed by atoms with van der Waals surface area (Å²) in [4.78, 5) is 4.37. The Kier molecular flexibility index (Phi) is 4.15. The van der Waals surface area contributed by atoms with E-state index in [9.17, 15) is 8.42 Å². The first-order valence-corrected chi connectivity index (χ1v) is 8.24. The van der Waals surface area contributed by atoms with Crippen LogP contribution in [0.2, 0.25) is 0 Å². The molecule has 0 atom stereocenters. The molecule has 110 valence electrons. The second-order valence-corrected chi connectivity index (χ2v) is 7.62. The van der Waals surface area contributed by atoms with Crippen LogP contribution in [0.4, 0.5) is 0 Å². The van der Waals surface area contributed by atoms with Gasteiger partial charge < -0.3 is 4.57 Å². The number of nitrogens with zero attached hydrogens (tertiary/aromatic N) is 3. The van der Waals surface area contributed by atoms with Crippen LogP contribution in [0.5, 0.6) is 0 Å². The second kappa shape index (κ2) is 5.54. The fourth-order valence-corrected chi connectivity index (χ4v) is 2.95. The van der Waals surface area contributed by atoms with Crippen LogP contribution < -0.4 is 0 Å². The average molecular weight is 295 g/mol. The summed E-state index contributed by atoms with van der Waals surface area (Å²) in [5.41, 5.74) is 4.47. The second-order valence-electron chi connectivity index (χ2n) is 5.32. The summed E-state index contributed by atoms with van der Waals surface area (Å²) in [5, 5.41) is 0. The number of benzene rings is 1. The van der Waals surface area contributed by atoms with Crippen LogP contribution in [0.1, 0.15) is 17.5 Å². The minimum atomic E-state index is -3.12. The Morgan fingerprint density at radius 2 is 1.85 bits per heavy atom. The van der Waals surface area contributed by atoms with E-state index in [1.165, 1.54) is 15.4 Å². The van der Waals surface area contributed by atoms with Gasteiger partial charge in [0.1, 0.15) is 0 Å². The van der Waals surface area contributed by atoms with Gasteiger partial charge in [0.25, 0.3) is 0 Å². The molecule has 6 heteroatoms. The predicted molar refractivity (Wildman–Crippen MR) is 81.3 cm³/mol.